The van der Waals surface area contributed by atoms with Gasteiger partial charge in [0.25, 0.3) is 5.91 Å². The number of benzene rings is 2. The lowest BCUT2D eigenvalue weighted by Crippen LogP contribution is -2.35. The Morgan fingerprint density at radius 2 is 1.90 bits per heavy atom. The Hall–Kier alpha value is -2.44. The maximum Gasteiger partial charge on any atom is 0.416 e. The number of nitrogens with zero attached hydrogens (tertiary/aromatic N) is 2. The molecule has 12 heteroatoms. The summed E-state index contributed by atoms with van der Waals surface area (Å²) in [5, 5.41) is 2.11. The van der Waals surface area contributed by atoms with Crippen LogP contribution in [0.25, 0.3) is 0 Å². The van der Waals surface area contributed by atoms with Crippen LogP contribution < -0.4 is 9.64 Å². The van der Waals surface area contributed by atoms with Gasteiger partial charge >= 0.3 is 6.18 Å². The lowest BCUT2D eigenvalue weighted by atomic mass is 10.1. The number of fused-ring (bicyclic) bond motifs is 1. The number of halogens is 4. The molecule has 4 rings (SSSR count). The van der Waals surface area contributed by atoms with Crippen molar-refractivity contribution in [1.29, 1.82) is 0 Å². The first kappa shape index (κ1) is 21.8. The Balaban J connectivity index is 1.72. The van der Waals surface area contributed by atoms with E-state index in [0.717, 1.165) is 12.1 Å². The van der Waals surface area contributed by atoms with Gasteiger partial charge in [-0.2, -0.15) is 13.2 Å². The molecule has 6 nitrogen and oxygen atoms in total. The van der Waals surface area contributed by atoms with E-state index in [2.05, 4.69) is 20.9 Å². The Morgan fingerprint density at radius 1 is 1.16 bits per heavy atom. The fourth-order valence-corrected chi connectivity index (χ4v) is 5.85. The molecule has 0 aliphatic carbocycles. The molecule has 0 unspecified atom stereocenters. The van der Waals surface area contributed by atoms with E-state index < -0.39 is 34.1 Å². The number of rotatable bonds is 4. The van der Waals surface area contributed by atoms with Gasteiger partial charge in [0.2, 0.25) is 0 Å². The van der Waals surface area contributed by atoms with Crippen molar-refractivity contribution in [2.45, 2.75) is 16.8 Å². The molecule has 0 bridgehead atoms. The van der Waals surface area contributed by atoms with E-state index in [0.29, 0.717) is 5.01 Å². The quantitative estimate of drug-likeness (QED) is 0.474. The fourth-order valence-electron chi connectivity index (χ4n) is 3.03. The van der Waals surface area contributed by atoms with Crippen LogP contribution in [0.2, 0.25) is 0 Å². The number of carbonyl (C=O) groups excluding carboxylic acids is 1. The van der Waals surface area contributed by atoms with E-state index in [4.69, 9.17) is 4.74 Å². The summed E-state index contributed by atoms with van der Waals surface area (Å²) in [5.74, 6) is -0.658. The zero-order valence-electron chi connectivity index (χ0n) is 15.4. The molecule has 2 aromatic carbocycles. The van der Waals surface area contributed by atoms with Crippen LogP contribution in [0, 0.1) is 0 Å². The Bertz CT molecular complexity index is 1260. The van der Waals surface area contributed by atoms with Gasteiger partial charge in [-0.1, -0.05) is 0 Å². The van der Waals surface area contributed by atoms with E-state index in [1.54, 1.807) is 5.38 Å². The molecule has 2 heterocycles. The van der Waals surface area contributed by atoms with Crippen LogP contribution in [0.1, 0.15) is 10.6 Å². The summed E-state index contributed by atoms with van der Waals surface area (Å²) < 4.78 is 69.8. The van der Waals surface area contributed by atoms with E-state index >= 15 is 0 Å². The number of alkyl halides is 3. The highest BCUT2D eigenvalue weighted by Crippen LogP contribution is 2.43. The SMILES string of the molecule is O=C1COc2cc(S(=O)(=O)Cc3nccs3)ccc2N1c1ccc(C(F)(F)F)cc1Br. The average molecular weight is 533 g/mol. The molecule has 3 aromatic rings. The van der Waals surface area contributed by atoms with Crippen molar-refractivity contribution in [1.82, 2.24) is 4.98 Å². The molecule has 0 fully saturated rings. The molecule has 0 atom stereocenters. The molecule has 162 valence electrons. The number of amides is 1. The van der Waals surface area contributed by atoms with Gasteiger partial charge in [0.15, 0.2) is 16.4 Å². The fraction of sp³-hybridized carbons (Fsp3) is 0.158. The van der Waals surface area contributed by atoms with E-state index in [-0.39, 0.29) is 32.2 Å². The monoisotopic (exact) mass is 532 g/mol. The molecular weight excluding hydrogens is 521 g/mol. The molecule has 0 spiro atoms. The van der Waals surface area contributed by atoms with E-state index in [1.807, 2.05) is 0 Å². The summed E-state index contributed by atoms with van der Waals surface area (Å²) in [6, 6.07) is 6.95. The zero-order valence-corrected chi connectivity index (χ0v) is 18.6. The summed E-state index contributed by atoms with van der Waals surface area (Å²) in [6.45, 7) is -0.392. The lowest BCUT2D eigenvalue weighted by Gasteiger charge is -2.30. The second-order valence-electron chi connectivity index (χ2n) is 6.50. The summed E-state index contributed by atoms with van der Waals surface area (Å²) in [6.07, 6.45) is -3.02. The third-order valence-corrected chi connectivity index (χ3v) is 7.67. The van der Waals surface area contributed by atoms with Crippen LogP contribution in [0.5, 0.6) is 5.75 Å². The van der Waals surface area contributed by atoms with Gasteiger partial charge in [-0.25, -0.2) is 13.4 Å². The van der Waals surface area contributed by atoms with Gasteiger partial charge < -0.3 is 4.74 Å². The van der Waals surface area contributed by atoms with Crippen molar-refractivity contribution in [2.24, 2.45) is 0 Å². The largest absolute Gasteiger partial charge is 0.481 e. The van der Waals surface area contributed by atoms with Crippen LogP contribution in [0.4, 0.5) is 24.5 Å². The van der Waals surface area contributed by atoms with Crippen LogP contribution in [0.3, 0.4) is 0 Å². The number of aromatic nitrogens is 1. The lowest BCUT2D eigenvalue weighted by molar-refractivity contribution is -0.137. The van der Waals surface area contributed by atoms with Gasteiger partial charge in [0.05, 0.1) is 21.8 Å². The van der Waals surface area contributed by atoms with Crippen LogP contribution >= 0.6 is 27.3 Å². The first-order chi connectivity index (χ1) is 14.6. The van der Waals surface area contributed by atoms with E-state index in [9.17, 15) is 26.4 Å². The maximum atomic E-state index is 13.0. The maximum absolute atomic E-state index is 13.0. The molecule has 0 saturated carbocycles. The summed E-state index contributed by atoms with van der Waals surface area (Å²) in [7, 11) is -3.71. The van der Waals surface area contributed by atoms with Crippen LogP contribution in [-0.2, 0) is 26.6 Å². The first-order valence-corrected chi connectivity index (χ1v) is 12.0. The van der Waals surface area contributed by atoms with Crippen molar-refractivity contribution in [3.8, 4) is 5.75 Å². The van der Waals surface area contributed by atoms with Gasteiger partial charge in [0, 0.05) is 22.1 Å². The molecular formula is C19H12BrF3N2O4S2. The first-order valence-electron chi connectivity index (χ1n) is 8.64. The second kappa shape index (κ2) is 7.92. The van der Waals surface area contributed by atoms with Crippen molar-refractivity contribution in [3.05, 3.63) is 63.0 Å². The topological polar surface area (TPSA) is 76.6 Å². The smallest absolute Gasteiger partial charge is 0.416 e. The van der Waals surface area contributed by atoms with Crippen LogP contribution in [0.15, 0.2) is 57.3 Å². The molecule has 1 amide bonds. The normalized spacial score (nSPS) is 14.3. The van der Waals surface area contributed by atoms with Crippen molar-refractivity contribution >= 4 is 54.4 Å². The molecule has 0 radical (unpaired) electrons. The number of hydrogen-bond acceptors (Lipinski definition) is 6. The van der Waals surface area contributed by atoms with Crippen molar-refractivity contribution in [2.75, 3.05) is 11.5 Å². The summed E-state index contributed by atoms with van der Waals surface area (Å²) in [5.41, 5.74) is -0.460. The summed E-state index contributed by atoms with van der Waals surface area (Å²) in [4.78, 5) is 17.7. The third-order valence-electron chi connectivity index (χ3n) is 4.44. The Labute approximate surface area is 187 Å². The molecule has 0 N–H and O–H groups in total. The third kappa shape index (κ3) is 4.32. The number of sulfone groups is 1. The minimum atomic E-state index is -4.53. The molecule has 1 aliphatic heterocycles. The number of ether oxygens (including phenoxy) is 1. The van der Waals surface area contributed by atoms with E-state index in [1.165, 1.54) is 46.7 Å². The van der Waals surface area contributed by atoms with Crippen molar-refractivity contribution in [3.63, 3.8) is 0 Å². The molecule has 1 aromatic heterocycles. The average Bonchev–Trinajstić information content (AvgIpc) is 3.19. The highest BCUT2D eigenvalue weighted by atomic mass is 79.9. The minimum absolute atomic E-state index is 0.0118. The zero-order chi connectivity index (χ0) is 22.4. The predicted molar refractivity (Wildman–Crippen MR) is 111 cm³/mol. The van der Waals surface area contributed by atoms with Crippen molar-refractivity contribution < 1.29 is 31.1 Å². The minimum Gasteiger partial charge on any atom is -0.481 e. The highest BCUT2D eigenvalue weighted by Gasteiger charge is 2.34. The second-order valence-corrected chi connectivity index (χ2v) is 10.3. The number of anilines is 2. The van der Waals surface area contributed by atoms with Crippen LogP contribution in [-0.4, -0.2) is 25.9 Å². The van der Waals surface area contributed by atoms with Gasteiger partial charge in [-0.15, -0.1) is 11.3 Å². The van der Waals surface area contributed by atoms with Gasteiger partial charge in [-0.05, 0) is 46.3 Å². The molecule has 1 aliphatic rings. The number of carbonyl (C=O) groups is 1. The predicted octanol–water partition coefficient (Wildman–Crippen LogP) is 4.96. The molecule has 31 heavy (non-hydrogen) atoms. The highest BCUT2D eigenvalue weighted by molar-refractivity contribution is 9.10. The van der Waals surface area contributed by atoms with Gasteiger partial charge in [-0.3, -0.25) is 9.69 Å². The molecule has 0 saturated heterocycles. The Morgan fingerprint density at radius 3 is 2.55 bits per heavy atom. The summed E-state index contributed by atoms with van der Waals surface area (Å²) >= 11 is 4.31. The van der Waals surface area contributed by atoms with Gasteiger partial charge in [0.1, 0.15) is 16.5 Å². The Kier molecular flexibility index (Phi) is 5.56. The standard InChI is InChI=1S/C19H12BrF3N2O4S2/c20-13-7-11(19(21,22)23)1-3-14(13)25-15-4-2-12(8-16(15)29-9-18(25)26)31(27,28)10-17-24-5-6-30-17/h1-8H,9-10H2. The number of hydrogen-bond donors (Lipinski definition) is 0. The number of thiazole rings is 1.